The van der Waals surface area contributed by atoms with Crippen molar-refractivity contribution in [1.29, 1.82) is 0 Å². The summed E-state index contributed by atoms with van der Waals surface area (Å²) in [6.45, 7) is 2.63. The minimum atomic E-state index is -0.941. The summed E-state index contributed by atoms with van der Waals surface area (Å²) in [5, 5.41) is 0. The Morgan fingerprint density at radius 3 is 2.45 bits per heavy atom. The lowest BCUT2D eigenvalue weighted by Gasteiger charge is -2.35. The molecule has 0 spiro atoms. The van der Waals surface area contributed by atoms with Gasteiger partial charge in [0, 0.05) is 18.2 Å². The average molecular weight is 298 g/mol. The average Bonchev–Trinajstić information content (AvgIpc) is 2.45. The Bertz CT molecular complexity index is 499. The number of anilines is 1. The van der Waals surface area contributed by atoms with E-state index >= 15 is 0 Å². The number of hydrogen-bond donors (Lipinski definition) is 1. The first-order chi connectivity index (χ1) is 9.56. The molecule has 1 aliphatic rings. The number of hydrogen-bond acceptors (Lipinski definition) is 2. The molecule has 0 aliphatic heterocycles. The zero-order valence-corrected chi connectivity index (χ0v) is 12.5. The van der Waals surface area contributed by atoms with Gasteiger partial charge in [-0.25, -0.2) is 8.78 Å². The third-order valence-corrected chi connectivity index (χ3v) is 4.21. The first-order valence-electron chi connectivity index (χ1n) is 7.10. The van der Waals surface area contributed by atoms with Crippen molar-refractivity contribution >= 4 is 22.9 Å². The second-order valence-corrected chi connectivity index (χ2v) is 5.64. The van der Waals surface area contributed by atoms with Gasteiger partial charge in [-0.15, -0.1) is 0 Å². The van der Waals surface area contributed by atoms with Gasteiger partial charge in [0.25, 0.3) is 0 Å². The van der Waals surface area contributed by atoms with E-state index in [0.29, 0.717) is 18.3 Å². The molecule has 5 heteroatoms. The summed E-state index contributed by atoms with van der Waals surface area (Å²) in [6.07, 6.45) is 5.59. The van der Waals surface area contributed by atoms with Gasteiger partial charge in [-0.05, 0) is 31.9 Å². The van der Waals surface area contributed by atoms with Crippen LogP contribution in [0, 0.1) is 11.6 Å². The molecular formula is C15H20F2N2S. The van der Waals surface area contributed by atoms with Gasteiger partial charge in [-0.3, -0.25) is 0 Å². The van der Waals surface area contributed by atoms with Crippen molar-refractivity contribution in [1.82, 2.24) is 0 Å². The van der Waals surface area contributed by atoms with Gasteiger partial charge in [0.2, 0.25) is 0 Å². The summed E-state index contributed by atoms with van der Waals surface area (Å²) in [5.41, 5.74) is 5.69. The number of nitrogens with zero attached hydrogens (tertiary/aromatic N) is 1. The molecule has 20 heavy (non-hydrogen) atoms. The van der Waals surface area contributed by atoms with E-state index in [4.69, 9.17) is 18.0 Å². The summed E-state index contributed by atoms with van der Waals surface area (Å²) in [6, 6.07) is 3.35. The van der Waals surface area contributed by atoms with Crippen molar-refractivity contribution in [2.45, 2.75) is 45.1 Å². The van der Waals surface area contributed by atoms with E-state index in [2.05, 4.69) is 0 Å². The van der Waals surface area contributed by atoms with Crippen LogP contribution in [-0.2, 0) is 0 Å². The second-order valence-electron chi connectivity index (χ2n) is 5.20. The van der Waals surface area contributed by atoms with Gasteiger partial charge in [-0.2, -0.15) is 0 Å². The molecule has 0 aromatic heterocycles. The smallest absolute Gasteiger partial charge is 0.182 e. The van der Waals surface area contributed by atoms with Gasteiger partial charge in [0.15, 0.2) is 11.6 Å². The van der Waals surface area contributed by atoms with Crippen molar-refractivity contribution in [2.75, 3.05) is 11.4 Å². The summed E-state index contributed by atoms with van der Waals surface area (Å²) >= 11 is 4.73. The maximum atomic E-state index is 14.3. The predicted octanol–water partition coefficient (Wildman–Crippen LogP) is 3.76. The Morgan fingerprint density at radius 1 is 1.25 bits per heavy atom. The van der Waals surface area contributed by atoms with Gasteiger partial charge in [0.1, 0.15) is 4.99 Å². The van der Waals surface area contributed by atoms with Crippen LogP contribution in [0.25, 0.3) is 0 Å². The molecule has 2 nitrogen and oxygen atoms in total. The Hall–Kier alpha value is -1.23. The number of benzene rings is 1. The topological polar surface area (TPSA) is 29.3 Å². The van der Waals surface area contributed by atoms with Crippen LogP contribution in [0.3, 0.4) is 0 Å². The molecule has 0 amide bonds. The zero-order valence-electron chi connectivity index (χ0n) is 11.7. The predicted molar refractivity (Wildman–Crippen MR) is 82.1 cm³/mol. The van der Waals surface area contributed by atoms with Crippen molar-refractivity contribution in [3.8, 4) is 0 Å². The minimum absolute atomic E-state index is 0.0269. The Kier molecular flexibility index (Phi) is 4.91. The molecule has 1 aromatic carbocycles. The van der Waals surface area contributed by atoms with Crippen molar-refractivity contribution < 1.29 is 8.78 Å². The molecule has 0 atom stereocenters. The van der Waals surface area contributed by atoms with Crippen LogP contribution >= 0.6 is 12.2 Å². The molecule has 0 radical (unpaired) electrons. The van der Waals surface area contributed by atoms with E-state index in [1.165, 1.54) is 12.5 Å². The molecule has 110 valence electrons. The maximum absolute atomic E-state index is 14.3. The standard InChI is InChI=1S/C15H20F2N2S/c1-2-19(10-6-4-3-5-7-10)12-9-8-11(15(18)20)13(16)14(12)17/h8-10H,2-7H2,1H3,(H2,18,20). The highest BCUT2D eigenvalue weighted by molar-refractivity contribution is 7.80. The maximum Gasteiger partial charge on any atom is 0.182 e. The first-order valence-corrected chi connectivity index (χ1v) is 7.51. The van der Waals surface area contributed by atoms with Crippen LogP contribution in [0.1, 0.15) is 44.6 Å². The fourth-order valence-electron chi connectivity index (χ4n) is 2.97. The van der Waals surface area contributed by atoms with Crippen molar-refractivity contribution in [2.24, 2.45) is 5.73 Å². The fourth-order valence-corrected chi connectivity index (χ4v) is 3.13. The zero-order chi connectivity index (χ0) is 14.7. The molecular weight excluding hydrogens is 278 g/mol. The van der Waals surface area contributed by atoms with Crippen LogP contribution < -0.4 is 10.6 Å². The molecule has 0 unspecified atom stereocenters. The van der Waals surface area contributed by atoms with Crippen molar-refractivity contribution in [3.05, 3.63) is 29.3 Å². The molecule has 1 saturated carbocycles. The van der Waals surface area contributed by atoms with Crippen LogP contribution in [0.4, 0.5) is 14.5 Å². The van der Waals surface area contributed by atoms with E-state index in [1.807, 2.05) is 11.8 Å². The molecule has 2 rings (SSSR count). The van der Waals surface area contributed by atoms with Crippen LogP contribution in [-0.4, -0.2) is 17.6 Å². The number of nitrogens with two attached hydrogens (primary N) is 1. The van der Waals surface area contributed by atoms with Crippen LogP contribution in [0.15, 0.2) is 12.1 Å². The van der Waals surface area contributed by atoms with E-state index in [9.17, 15) is 8.78 Å². The van der Waals surface area contributed by atoms with Gasteiger partial charge >= 0.3 is 0 Å². The Morgan fingerprint density at radius 2 is 1.90 bits per heavy atom. The van der Waals surface area contributed by atoms with Gasteiger partial charge < -0.3 is 10.6 Å². The van der Waals surface area contributed by atoms with Crippen molar-refractivity contribution in [3.63, 3.8) is 0 Å². The van der Waals surface area contributed by atoms with Gasteiger partial charge in [0.05, 0.1) is 5.69 Å². The Balaban J connectivity index is 2.34. The highest BCUT2D eigenvalue weighted by Gasteiger charge is 2.25. The SMILES string of the molecule is CCN(c1ccc(C(N)=S)c(F)c1F)C1CCCCC1. The quantitative estimate of drug-likeness (QED) is 0.858. The molecule has 0 saturated heterocycles. The minimum Gasteiger partial charge on any atom is -0.389 e. The highest BCUT2D eigenvalue weighted by Crippen LogP contribution is 2.30. The Labute approximate surface area is 123 Å². The fraction of sp³-hybridized carbons (Fsp3) is 0.533. The summed E-state index contributed by atoms with van der Waals surface area (Å²) in [4.78, 5) is 1.84. The molecule has 0 bridgehead atoms. The van der Waals surface area contributed by atoms with E-state index in [0.717, 1.165) is 25.7 Å². The molecule has 1 aromatic rings. The largest absolute Gasteiger partial charge is 0.389 e. The highest BCUT2D eigenvalue weighted by atomic mass is 32.1. The number of rotatable bonds is 4. The third-order valence-electron chi connectivity index (χ3n) is 3.99. The lowest BCUT2D eigenvalue weighted by molar-refractivity contribution is 0.411. The second kappa shape index (κ2) is 6.48. The molecule has 1 fully saturated rings. The lowest BCUT2D eigenvalue weighted by atomic mass is 9.93. The molecule has 2 N–H and O–H groups in total. The molecule has 0 heterocycles. The third kappa shape index (κ3) is 2.92. The van der Waals surface area contributed by atoms with E-state index < -0.39 is 11.6 Å². The molecule has 1 aliphatic carbocycles. The van der Waals surface area contributed by atoms with Crippen LogP contribution in [0.5, 0.6) is 0 Å². The summed E-state index contributed by atoms with van der Waals surface area (Å²) in [7, 11) is 0. The van der Waals surface area contributed by atoms with Crippen LogP contribution in [0.2, 0.25) is 0 Å². The summed E-state index contributed by atoms with van der Waals surface area (Å²) < 4.78 is 28.3. The van der Waals surface area contributed by atoms with E-state index in [-0.39, 0.29) is 10.6 Å². The first kappa shape index (κ1) is 15.2. The van der Waals surface area contributed by atoms with Gasteiger partial charge in [-0.1, -0.05) is 31.5 Å². The number of halogens is 2. The van der Waals surface area contributed by atoms with E-state index in [1.54, 1.807) is 6.07 Å². The normalized spacial score (nSPS) is 16.1. The monoisotopic (exact) mass is 298 g/mol. The number of thiocarbonyl (C=S) groups is 1. The lowest BCUT2D eigenvalue weighted by Crippen LogP contribution is -2.37. The summed E-state index contributed by atoms with van der Waals surface area (Å²) in [5.74, 6) is -1.79.